The van der Waals surface area contributed by atoms with Crippen LogP contribution in [0.2, 0.25) is 0 Å². The van der Waals surface area contributed by atoms with Crippen LogP contribution in [-0.2, 0) is 6.54 Å². The van der Waals surface area contributed by atoms with Crippen LogP contribution in [0.4, 0.5) is 4.39 Å². The fourth-order valence-corrected chi connectivity index (χ4v) is 3.24. The molecular formula is C16H22FN3O. The largest absolute Gasteiger partial charge is 0.326 e. The molecule has 1 aromatic heterocycles. The van der Waals surface area contributed by atoms with E-state index in [4.69, 9.17) is 0 Å². The van der Waals surface area contributed by atoms with Crippen molar-refractivity contribution in [2.45, 2.75) is 39.3 Å². The molecule has 5 heteroatoms. The average Bonchev–Trinajstić information content (AvgIpc) is 2.78. The fourth-order valence-electron chi connectivity index (χ4n) is 3.24. The second kappa shape index (κ2) is 5.64. The van der Waals surface area contributed by atoms with Gasteiger partial charge in [0.2, 0.25) is 0 Å². The highest BCUT2D eigenvalue weighted by atomic mass is 19.1. The normalized spacial score (nSPS) is 17.9. The predicted octanol–water partition coefficient (Wildman–Crippen LogP) is 2.59. The summed E-state index contributed by atoms with van der Waals surface area (Å²) in [5, 5.41) is 0. The fraction of sp³-hybridized carbons (Fsp3) is 0.562. The average molecular weight is 291 g/mol. The van der Waals surface area contributed by atoms with Gasteiger partial charge in [0.1, 0.15) is 11.3 Å². The van der Waals surface area contributed by atoms with E-state index in [0.29, 0.717) is 29.5 Å². The maximum Gasteiger partial charge on any atom is 0.326 e. The van der Waals surface area contributed by atoms with Crippen molar-refractivity contribution in [2.75, 3.05) is 13.1 Å². The molecule has 4 nitrogen and oxygen atoms in total. The Morgan fingerprint density at radius 1 is 1.33 bits per heavy atom. The van der Waals surface area contributed by atoms with Crippen molar-refractivity contribution in [1.29, 1.82) is 0 Å². The minimum atomic E-state index is -0.363. The van der Waals surface area contributed by atoms with Crippen molar-refractivity contribution in [3.63, 3.8) is 0 Å². The maximum absolute atomic E-state index is 13.7. The molecule has 1 saturated heterocycles. The number of hydrogen-bond donors (Lipinski definition) is 1. The van der Waals surface area contributed by atoms with E-state index in [0.717, 1.165) is 25.9 Å². The summed E-state index contributed by atoms with van der Waals surface area (Å²) in [6.45, 7) is 7.26. The number of imidazole rings is 1. The second-order valence-electron chi connectivity index (χ2n) is 6.25. The summed E-state index contributed by atoms with van der Waals surface area (Å²) in [6, 6.07) is 5.42. The van der Waals surface area contributed by atoms with Gasteiger partial charge in [-0.1, -0.05) is 6.07 Å². The molecule has 3 rings (SSSR count). The molecule has 0 atom stereocenters. The van der Waals surface area contributed by atoms with Crippen molar-refractivity contribution in [3.8, 4) is 0 Å². The molecule has 2 aromatic rings. The topological polar surface area (TPSA) is 41.0 Å². The molecule has 1 aromatic carbocycles. The number of hydrogen-bond acceptors (Lipinski definition) is 2. The summed E-state index contributed by atoms with van der Waals surface area (Å²) in [7, 11) is 0. The van der Waals surface area contributed by atoms with Gasteiger partial charge in [0.05, 0.1) is 5.52 Å². The summed E-state index contributed by atoms with van der Waals surface area (Å²) in [6.07, 6.45) is 2.18. The predicted molar refractivity (Wildman–Crippen MR) is 81.9 cm³/mol. The molecule has 1 aliphatic heterocycles. The Balaban J connectivity index is 1.79. The number of aromatic amines is 1. The third-order valence-electron chi connectivity index (χ3n) is 4.58. The van der Waals surface area contributed by atoms with Crippen molar-refractivity contribution >= 4 is 11.0 Å². The molecule has 0 radical (unpaired) electrons. The van der Waals surface area contributed by atoms with Crippen LogP contribution in [0.1, 0.15) is 26.7 Å². The number of halogens is 1. The van der Waals surface area contributed by atoms with Gasteiger partial charge in [-0.25, -0.2) is 9.18 Å². The standard InChI is InChI=1S/C16H22FN3O/c1-11(2)19-8-6-12(7-9-19)10-20-14-5-3-4-13(17)15(14)18-16(20)21/h3-5,11-12H,6-10H2,1-2H3,(H,18,21). The highest BCUT2D eigenvalue weighted by Crippen LogP contribution is 2.22. The SMILES string of the molecule is CC(C)N1CCC(Cn2c(=O)[nH]c3c(F)cccc32)CC1. The minimum Gasteiger partial charge on any atom is -0.303 e. The monoisotopic (exact) mass is 291 g/mol. The van der Waals surface area contributed by atoms with Gasteiger partial charge in [0.25, 0.3) is 0 Å². The van der Waals surface area contributed by atoms with Gasteiger partial charge in [-0.15, -0.1) is 0 Å². The Labute approximate surface area is 123 Å². The highest BCUT2D eigenvalue weighted by Gasteiger charge is 2.22. The minimum absolute atomic E-state index is 0.207. The number of piperidine rings is 1. The van der Waals surface area contributed by atoms with E-state index < -0.39 is 0 Å². The third-order valence-corrected chi connectivity index (χ3v) is 4.58. The van der Waals surface area contributed by atoms with Crippen LogP contribution in [0.5, 0.6) is 0 Å². The first kappa shape index (κ1) is 14.3. The number of rotatable bonds is 3. The van der Waals surface area contributed by atoms with Crippen LogP contribution in [0, 0.1) is 11.7 Å². The molecule has 0 spiro atoms. The second-order valence-corrected chi connectivity index (χ2v) is 6.25. The van der Waals surface area contributed by atoms with Gasteiger partial charge < -0.3 is 9.88 Å². The molecule has 1 fully saturated rings. The van der Waals surface area contributed by atoms with E-state index in [1.165, 1.54) is 6.07 Å². The van der Waals surface area contributed by atoms with Crippen molar-refractivity contribution in [1.82, 2.24) is 14.5 Å². The number of likely N-dealkylation sites (tertiary alicyclic amines) is 1. The maximum atomic E-state index is 13.7. The first-order chi connectivity index (χ1) is 10.1. The lowest BCUT2D eigenvalue weighted by Gasteiger charge is -2.34. The third kappa shape index (κ3) is 2.75. The van der Waals surface area contributed by atoms with E-state index in [-0.39, 0.29) is 11.5 Å². The molecule has 21 heavy (non-hydrogen) atoms. The summed E-state index contributed by atoms with van der Waals surface area (Å²) < 4.78 is 15.4. The molecular weight excluding hydrogens is 269 g/mol. The lowest BCUT2D eigenvalue weighted by Crippen LogP contribution is -2.39. The molecule has 0 unspecified atom stereocenters. The number of fused-ring (bicyclic) bond motifs is 1. The molecule has 1 N–H and O–H groups in total. The Bertz CT molecular complexity index is 680. The zero-order valence-corrected chi connectivity index (χ0v) is 12.6. The Hall–Kier alpha value is -1.62. The molecule has 114 valence electrons. The molecule has 2 heterocycles. The van der Waals surface area contributed by atoms with Crippen molar-refractivity contribution in [3.05, 3.63) is 34.5 Å². The summed E-state index contributed by atoms with van der Waals surface area (Å²) >= 11 is 0. The van der Waals surface area contributed by atoms with Crippen LogP contribution in [-0.4, -0.2) is 33.6 Å². The quantitative estimate of drug-likeness (QED) is 0.944. The van der Waals surface area contributed by atoms with Crippen molar-refractivity contribution in [2.24, 2.45) is 5.92 Å². The van der Waals surface area contributed by atoms with E-state index in [2.05, 4.69) is 23.7 Å². The van der Waals surface area contributed by atoms with E-state index in [1.807, 2.05) is 0 Å². The number of aromatic nitrogens is 2. The lowest BCUT2D eigenvalue weighted by atomic mass is 9.96. The van der Waals surface area contributed by atoms with Crippen LogP contribution in [0.3, 0.4) is 0 Å². The first-order valence-corrected chi connectivity index (χ1v) is 7.67. The van der Waals surface area contributed by atoms with Crippen LogP contribution in [0.25, 0.3) is 11.0 Å². The summed E-state index contributed by atoms with van der Waals surface area (Å²) in [4.78, 5) is 17.2. The summed E-state index contributed by atoms with van der Waals surface area (Å²) in [5.41, 5.74) is 0.787. The van der Waals surface area contributed by atoms with E-state index in [9.17, 15) is 9.18 Å². The number of H-pyrrole nitrogens is 1. The van der Waals surface area contributed by atoms with Gasteiger partial charge in [-0.3, -0.25) is 4.57 Å². The van der Waals surface area contributed by atoms with Gasteiger partial charge in [-0.2, -0.15) is 0 Å². The number of nitrogens with zero attached hydrogens (tertiary/aromatic N) is 2. The number of benzene rings is 1. The summed E-state index contributed by atoms with van der Waals surface area (Å²) in [5.74, 6) is 0.123. The van der Waals surface area contributed by atoms with E-state index >= 15 is 0 Å². The molecule has 0 amide bonds. The van der Waals surface area contributed by atoms with Crippen LogP contribution < -0.4 is 5.69 Å². The van der Waals surface area contributed by atoms with Gasteiger partial charge in [-0.05, 0) is 57.8 Å². The molecule has 0 bridgehead atoms. The van der Waals surface area contributed by atoms with Gasteiger partial charge in [0.15, 0.2) is 0 Å². The zero-order chi connectivity index (χ0) is 15.0. The van der Waals surface area contributed by atoms with Gasteiger partial charge in [0, 0.05) is 12.6 Å². The number of nitrogens with one attached hydrogen (secondary N) is 1. The van der Waals surface area contributed by atoms with Gasteiger partial charge >= 0.3 is 5.69 Å². The Kier molecular flexibility index (Phi) is 3.85. The number of para-hydroxylation sites is 1. The molecule has 1 aliphatic rings. The molecule has 0 saturated carbocycles. The molecule has 0 aliphatic carbocycles. The first-order valence-electron chi connectivity index (χ1n) is 7.67. The lowest BCUT2D eigenvalue weighted by molar-refractivity contribution is 0.142. The van der Waals surface area contributed by atoms with Crippen LogP contribution >= 0.6 is 0 Å². The van der Waals surface area contributed by atoms with Crippen LogP contribution in [0.15, 0.2) is 23.0 Å². The highest BCUT2D eigenvalue weighted by molar-refractivity contribution is 5.75. The zero-order valence-electron chi connectivity index (χ0n) is 12.6. The Morgan fingerprint density at radius 3 is 2.71 bits per heavy atom. The van der Waals surface area contributed by atoms with Crippen molar-refractivity contribution < 1.29 is 4.39 Å². The van der Waals surface area contributed by atoms with E-state index in [1.54, 1.807) is 16.7 Å². The Morgan fingerprint density at radius 2 is 2.05 bits per heavy atom. The smallest absolute Gasteiger partial charge is 0.303 e.